The lowest BCUT2D eigenvalue weighted by atomic mass is 10.1. The van der Waals surface area contributed by atoms with Gasteiger partial charge in [0.2, 0.25) is 0 Å². The molecule has 0 saturated carbocycles. The Balaban J connectivity index is 1.97. The van der Waals surface area contributed by atoms with Crippen molar-refractivity contribution in [3.63, 3.8) is 0 Å². The second-order valence-electron chi connectivity index (χ2n) is 4.27. The molecule has 0 bridgehead atoms. The third-order valence-electron chi connectivity index (χ3n) is 2.98. The summed E-state index contributed by atoms with van der Waals surface area (Å²) in [5.74, 6) is -0.866. The predicted octanol–water partition coefficient (Wildman–Crippen LogP) is 2.03. The molecule has 4 heteroatoms. The quantitative estimate of drug-likeness (QED) is 0.571. The van der Waals surface area contributed by atoms with Crippen molar-refractivity contribution in [2.24, 2.45) is 0 Å². The first-order valence-electron chi connectivity index (χ1n) is 6.28. The lowest BCUT2D eigenvalue weighted by molar-refractivity contribution is -0.114. The van der Waals surface area contributed by atoms with Gasteiger partial charge in [-0.3, -0.25) is 9.59 Å². The minimum absolute atomic E-state index is 0.417. The van der Waals surface area contributed by atoms with E-state index in [0.717, 1.165) is 12.8 Å². The van der Waals surface area contributed by atoms with E-state index in [2.05, 4.69) is 6.92 Å². The number of nitrogens with zero attached hydrogens (tertiary/aromatic N) is 1. The van der Waals surface area contributed by atoms with Crippen LogP contribution >= 0.6 is 0 Å². The van der Waals surface area contributed by atoms with Crippen LogP contribution < -0.4 is 4.90 Å². The molecule has 0 aromatic heterocycles. The Morgan fingerprint density at radius 3 is 2.72 bits per heavy atom. The number of Topliss-reactive ketones (excluding diaryl/α,β-unsaturated/α-hetero) is 1. The topological polar surface area (TPSA) is 46.6 Å². The molecule has 96 valence electrons. The normalized spacial score (nSPS) is 14.2. The molecular weight excluding hydrogens is 230 g/mol. The first-order chi connectivity index (χ1) is 8.75. The van der Waals surface area contributed by atoms with E-state index < -0.39 is 11.7 Å². The number of rotatable bonds is 6. The molecule has 0 spiro atoms. The lowest BCUT2D eigenvalue weighted by Gasteiger charge is -2.16. The van der Waals surface area contributed by atoms with Crippen LogP contribution in [0, 0.1) is 0 Å². The summed E-state index contributed by atoms with van der Waals surface area (Å²) >= 11 is 0. The first kappa shape index (κ1) is 12.8. The van der Waals surface area contributed by atoms with Crippen molar-refractivity contribution in [2.45, 2.75) is 19.8 Å². The molecule has 2 rings (SSSR count). The van der Waals surface area contributed by atoms with Gasteiger partial charge in [0.15, 0.2) is 0 Å². The van der Waals surface area contributed by atoms with Gasteiger partial charge in [-0.25, -0.2) is 0 Å². The first-order valence-corrected chi connectivity index (χ1v) is 6.28. The van der Waals surface area contributed by atoms with Crippen LogP contribution in [0.5, 0.6) is 0 Å². The summed E-state index contributed by atoms with van der Waals surface area (Å²) in [5.41, 5.74) is 1.20. The van der Waals surface area contributed by atoms with Gasteiger partial charge >= 0.3 is 0 Å². The zero-order valence-corrected chi connectivity index (χ0v) is 10.5. The predicted molar refractivity (Wildman–Crippen MR) is 68.9 cm³/mol. The van der Waals surface area contributed by atoms with E-state index in [4.69, 9.17) is 4.74 Å². The zero-order valence-electron chi connectivity index (χ0n) is 10.5. The number of carbonyl (C=O) groups excluding carboxylic acids is 2. The summed E-state index contributed by atoms with van der Waals surface area (Å²) in [7, 11) is 0. The highest BCUT2D eigenvalue weighted by atomic mass is 16.5. The van der Waals surface area contributed by atoms with Gasteiger partial charge in [-0.1, -0.05) is 25.5 Å². The number of fused-ring (bicyclic) bond motifs is 1. The standard InChI is InChI=1S/C14H17NO3/c1-2-3-9-18-10-8-15-12-7-5-4-6-11(12)13(16)14(15)17/h4-7H,2-3,8-10H2,1H3. The van der Waals surface area contributed by atoms with E-state index in [-0.39, 0.29) is 0 Å². The molecule has 1 heterocycles. The monoisotopic (exact) mass is 247 g/mol. The van der Waals surface area contributed by atoms with Crippen molar-refractivity contribution in [3.8, 4) is 0 Å². The van der Waals surface area contributed by atoms with Gasteiger partial charge in [0.25, 0.3) is 11.7 Å². The molecule has 0 aliphatic carbocycles. The van der Waals surface area contributed by atoms with Gasteiger partial charge in [0, 0.05) is 13.2 Å². The van der Waals surface area contributed by atoms with Crippen molar-refractivity contribution in [2.75, 3.05) is 24.7 Å². The van der Waals surface area contributed by atoms with Crippen LogP contribution in [0.25, 0.3) is 0 Å². The van der Waals surface area contributed by atoms with Gasteiger partial charge in [0.05, 0.1) is 17.9 Å². The van der Waals surface area contributed by atoms with Crippen LogP contribution in [0.15, 0.2) is 24.3 Å². The van der Waals surface area contributed by atoms with Crippen LogP contribution in [0.2, 0.25) is 0 Å². The molecule has 0 N–H and O–H groups in total. The van der Waals surface area contributed by atoms with Gasteiger partial charge in [0.1, 0.15) is 0 Å². The van der Waals surface area contributed by atoms with Gasteiger partial charge in [-0.15, -0.1) is 0 Å². The molecule has 0 atom stereocenters. The number of ketones is 1. The fourth-order valence-electron chi connectivity index (χ4n) is 1.97. The second kappa shape index (κ2) is 5.78. The van der Waals surface area contributed by atoms with E-state index in [1.54, 1.807) is 18.2 Å². The Labute approximate surface area is 107 Å². The Kier molecular flexibility index (Phi) is 4.10. The second-order valence-corrected chi connectivity index (χ2v) is 4.27. The Hall–Kier alpha value is -1.68. The Morgan fingerprint density at radius 1 is 1.17 bits per heavy atom. The molecule has 1 aromatic rings. The maximum absolute atomic E-state index is 11.8. The van der Waals surface area contributed by atoms with E-state index >= 15 is 0 Å². The fraction of sp³-hybridized carbons (Fsp3) is 0.429. The Bertz CT molecular complexity index is 456. The molecule has 1 amide bonds. The molecular formula is C14H17NO3. The maximum Gasteiger partial charge on any atom is 0.299 e. The lowest BCUT2D eigenvalue weighted by Crippen LogP contribution is -2.32. The number of ether oxygens (including phenoxy) is 1. The SMILES string of the molecule is CCCCOCCN1C(=O)C(=O)c2ccccc21. The minimum atomic E-state index is -0.449. The summed E-state index contributed by atoms with van der Waals surface area (Å²) < 4.78 is 5.43. The highest BCUT2D eigenvalue weighted by molar-refractivity contribution is 6.52. The van der Waals surface area contributed by atoms with Crippen molar-refractivity contribution >= 4 is 17.4 Å². The molecule has 0 unspecified atom stereocenters. The van der Waals surface area contributed by atoms with Crippen molar-refractivity contribution in [3.05, 3.63) is 29.8 Å². The van der Waals surface area contributed by atoms with E-state index in [0.29, 0.717) is 31.0 Å². The molecule has 4 nitrogen and oxygen atoms in total. The average Bonchev–Trinajstić information content (AvgIpc) is 2.64. The summed E-state index contributed by atoms with van der Waals surface area (Å²) in [6.07, 6.45) is 2.10. The number of benzene rings is 1. The number of carbonyl (C=O) groups is 2. The molecule has 0 fully saturated rings. The highest BCUT2D eigenvalue weighted by Crippen LogP contribution is 2.27. The Morgan fingerprint density at radius 2 is 1.94 bits per heavy atom. The molecule has 1 aliphatic heterocycles. The molecule has 18 heavy (non-hydrogen) atoms. The highest BCUT2D eigenvalue weighted by Gasteiger charge is 2.34. The number of unbranched alkanes of at least 4 members (excludes halogenated alkanes) is 1. The number of hydrogen-bond acceptors (Lipinski definition) is 3. The maximum atomic E-state index is 11.8. The van der Waals surface area contributed by atoms with Crippen LogP contribution in [-0.4, -0.2) is 31.4 Å². The molecule has 1 aliphatic rings. The third kappa shape index (κ3) is 2.43. The summed E-state index contributed by atoms with van der Waals surface area (Å²) in [4.78, 5) is 25.0. The summed E-state index contributed by atoms with van der Waals surface area (Å²) in [6, 6.07) is 7.08. The summed E-state index contributed by atoms with van der Waals surface area (Å²) in [5, 5.41) is 0. The smallest absolute Gasteiger partial charge is 0.299 e. The van der Waals surface area contributed by atoms with Gasteiger partial charge < -0.3 is 9.64 Å². The zero-order chi connectivity index (χ0) is 13.0. The molecule has 0 radical (unpaired) electrons. The molecule has 0 saturated heterocycles. The third-order valence-corrected chi connectivity index (χ3v) is 2.98. The van der Waals surface area contributed by atoms with Gasteiger partial charge in [-0.2, -0.15) is 0 Å². The van der Waals surface area contributed by atoms with E-state index in [1.807, 2.05) is 6.07 Å². The number of amides is 1. The number of para-hydroxylation sites is 1. The van der Waals surface area contributed by atoms with Gasteiger partial charge in [-0.05, 0) is 18.6 Å². The van der Waals surface area contributed by atoms with Crippen LogP contribution in [-0.2, 0) is 9.53 Å². The summed E-state index contributed by atoms with van der Waals surface area (Å²) in [6.45, 7) is 3.70. The van der Waals surface area contributed by atoms with Crippen LogP contribution in [0.3, 0.4) is 0 Å². The number of anilines is 1. The molecule has 1 aromatic carbocycles. The van der Waals surface area contributed by atoms with E-state index in [1.165, 1.54) is 4.90 Å². The van der Waals surface area contributed by atoms with Crippen LogP contribution in [0.4, 0.5) is 5.69 Å². The van der Waals surface area contributed by atoms with Crippen molar-refractivity contribution in [1.82, 2.24) is 0 Å². The fourth-order valence-corrected chi connectivity index (χ4v) is 1.97. The van der Waals surface area contributed by atoms with Crippen molar-refractivity contribution < 1.29 is 14.3 Å². The van der Waals surface area contributed by atoms with E-state index in [9.17, 15) is 9.59 Å². The minimum Gasteiger partial charge on any atom is -0.380 e. The van der Waals surface area contributed by atoms with Crippen LogP contribution in [0.1, 0.15) is 30.1 Å². The number of hydrogen-bond donors (Lipinski definition) is 0. The van der Waals surface area contributed by atoms with Crippen molar-refractivity contribution in [1.29, 1.82) is 0 Å². The average molecular weight is 247 g/mol. The largest absolute Gasteiger partial charge is 0.380 e.